The lowest BCUT2D eigenvalue weighted by Gasteiger charge is -2.41. The second kappa shape index (κ2) is 10.1. The molecule has 3 rings (SSSR count). The smallest absolute Gasteiger partial charge is 0.275 e. The van der Waals surface area contributed by atoms with Crippen LogP contribution in [0.4, 0.5) is 14.5 Å². The number of carbonyl (C=O) groups excluding carboxylic acids is 1. The summed E-state index contributed by atoms with van der Waals surface area (Å²) in [5.41, 5.74) is 4.77. The molecule has 0 unspecified atom stereocenters. The largest absolute Gasteiger partial charge is 0.463 e. The van der Waals surface area contributed by atoms with Crippen molar-refractivity contribution in [3.63, 3.8) is 0 Å². The minimum absolute atomic E-state index is 0.00574. The van der Waals surface area contributed by atoms with E-state index >= 15 is 0 Å². The third-order valence-electron chi connectivity index (χ3n) is 5.39. The molecule has 1 aliphatic heterocycles. The van der Waals surface area contributed by atoms with Crippen molar-refractivity contribution < 1.29 is 23.0 Å². The maximum Gasteiger partial charge on any atom is 0.275 e. The number of aliphatic imine (C=N–C) groups is 1. The van der Waals surface area contributed by atoms with Crippen LogP contribution in [0.5, 0.6) is 5.88 Å². The standard InChI is InChI=1S/C22H23F2N5O3S/c1-5-6-32-18-10-26-16(9-27-18)20(30)28-13-7-14(19(24)15(23)8-13)22(3)12(2)17(11-31-4)33-21(25)29-22/h1,7-10,12,17H,6,11H2,2-4H3,(H2,25,29)(H,28,30)/t12-,17-,22+/m1/s1. The van der Waals surface area contributed by atoms with E-state index in [1.54, 1.807) is 14.0 Å². The van der Waals surface area contributed by atoms with Gasteiger partial charge in [-0.1, -0.05) is 24.6 Å². The van der Waals surface area contributed by atoms with Crippen LogP contribution in [0.25, 0.3) is 0 Å². The van der Waals surface area contributed by atoms with Crippen molar-refractivity contribution in [2.75, 3.05) is 25.6 Å². The molecule has 0 bridgehead atoms. The Balaban J connectivity index is 1.91. The van der Waals surface area contributed by atoms with Gasteiger partial charge in [0.05, 0.1) is 24.5 Å². The fourth-order valence-electron chi connectivity index (χ4n) is 3.47. The molecule has 0 fully saturated rings. The number of hydrogen-bond donors (Lipinski definition) is 2. The minimum Gasteiger partial charge on any atom is -0.463 e. The van der Waals surface area contributed by atoms with Gasteiger partial charge in [0.1, 0.15) is 5.69 Å². The van der Waals surface area contributed by atoms with E-state index in [-0.39, 0.29) is 45.8 Å². The van der Waals surface area contributed by atoms with Crippen LogP contribution < -0.4 is 15.8 Å². The number of amides is 1. The molecule has 0 spiro atoms. The Morgan fingerprint density at radius 1 is 1.36 bits per heavy atom. The Kier molecular flexibility index (Phi) is 7.50. The number of carbonyl (C=O) groups is 1. The number of amidine groups is 1. The van der Waals surface area contributed by atoms with Crippen molar-refractivity contribution in [3.8, 4) is 18.2 Å². The molecule has 11 heteroatoms. The second-order valence-electron chi connectivity index (χ2n) is 7.50. The summed E-state index contributed by atoms with van der Waals surface area (Å²) in [6, 6.07) is 2.24. The fraction of sp³-hybridized carbons (Fsp3) is 0.364. The molecule has 2 heterocycles. The summed E-state index contributed by atoms with van der Waals surface area (Å²) < 4.78 is 39.9. The van der Waals surface area contributed by atoms with E-state index in [2.05, 4.69) is 26.2 Å². The van der Waals surface area contributed by atoms with Crippen molar-refractivity contribution >= 4 is 28.5 Å². The van der Waals surface area contributed by atoms with Crippen LogP contribution in [0.15, 0.2) is 29.5 Å². The van der Waals surface area contributed by atoms with Crippen molar-refractivity contribution in [2.24, 2.45) is 16.6 Å². The van der Waals surface area contributed by atoms with Crippen LogP contribution in [-0.4, -0.2) is 46.6 Å². The monoisotopic (exact) mass is 475 g/mol. The van der Waals surface area contributed by atoms with Crippen molar-refractivity contribution in [1.82, 2.24) is 9.97 Å². The van der Waals surface area contributed by atoms with Gasteiger partial charge in [-0.05, 0) is 18.9 Å². The lowest BCUT2D eigenvalue weighted by molar-refractivity contribution is 0.102. The van der Waals surface area contributed by atoms with Crippen LogP contribution in [0.2, 0.25) is 0 Å². The topological polar surface area (TPSA) is 112 Å². The van der Waals surface area contributed by atoms with Gasteiger partial charge in [-0.15, -0.1) is 6.42 Å². The Hall–Kier alpha value is -3.23. The van der Waals surface area contributed by atoms with Gasteiger partial charge in [-0.25, -0.2) is 18.7 Å². The number of ether oxygens (including phenoxy) is 2. The Labute approximate surface area is 194 Å². The molecule has 0 aliphatic carbocycles. The molecule has 8 nitrogen and oxygen atoms in total. The predicted octanol–water partition coefficient (Wildman–Crippen LogP) is 2.95. The number of nitrogens with zero attached hydrogens (tertiary/aromatic N) is 3. The molecular formula is C22H23F2N5O3S. The average molecular weight is 476 g/mol. The first-order valence-corrected chi connectivity index (χ1v) is 10.8. The number of terminal acetylenes is 1. The average Bonchev–Trinajstić information content (AvgIpc) is 2.78. The van der Waals surface area contributed by atoms with Gasteiger partial charge in [-0.2, -0.15) is 0 Å². The Morgan fingerprint density at radius 3 is 2.76 bits per heavy atom. The first kappa shape index (κ1) is 24.4. The fourth-order valence-corrected chi connectivity index (χ4v) is 4.70. The molecule has 1 aromatic heterocycles. The molecule has 3 atom stereocenters. The number of methoxy groups -OCH3 is 1. The van der Waals surface area contributed by atoms with Gasteiger partial charge in [0.2, 0.25) is 5.88 Å². The zero-order chi connectivity index (χ0) is 24.2. The number of halogens is 2. The summed E-state index contributed by atoms with van der Waals surface area (Å²) in [5.74, 6) is -0.671. The first-order chi connectivity index (χ1) is 15.7. The molecule has 3 N–H and O–H groups in total. The zero-order valence-electron chi connectivity index (χ0n) is 18.3. The van der Waals surface area contributed by atoms with E-state index in [1.807, 2.05) is 6.92 Å². The highest BCUT2D eigenvalue weighted by Gasteiger charge is 2.44. The van der Waals surface area contributed by atoms with Gasteiger partial charge in [0, 0.05) is 29.7 Å². The van der Waals surface area contributed by atoms with E-state index < -0.39 is 23.1 Å². The normalized spacial score (nSPS) is 22.2. The SMILES string of the molecule is C#CCOc1cnc(C(=O)Nc2cc(F)c(F)c([C@@]3(C)N=C(N)S[C@H](COC)[C@H]3C)c2)cn1. The molecule has 0 saturated carbocycles. The van der Waals surface area contributed by atoms with Crippen LogP contribution in [0.1, 0.15) is 29.9 Å². The number of nitrogens with two attached hydrogens (primary N) is 1. The molecular weight excluding hydrogens is 452 g/mol. The van der Waals surface area contributed by atoms with Gasteiger partial charge >= 0.3 is 0 Å². The molecule has 33 heavy (non-hydrogen) atoms. The van der Waals surface area contributed by atoms with Crippen LogP contribution in [-0.2, 0) is 10.3 Å². The quantitative estimate of drug-likeness (QED) is 0.592. The van der Waals surface area contributed by atoms with Crippen molar-refractivity contribution in [2.45, 2.75) is 24.6 Å². The van der Waals surface area contributed by atoms with Gasteiger partial charge in [0.15, 0.2) is 23.4 Å². The molecule has 174 valence electrons. The molecule has 1 aliphatic rings. The van der Waals surface area contributed by atoms with Crippen molar-refractivity contribution in [1.29, 1.82) is 0 Å². The van der Waals surface area contributed by atoms with E-state index in [1.165, 1.54) is 30.2 Å². The Morgan fingerprint density at radius 2 is 2.12 bits per heavy atom. The molecule has 2 aromatic rings. The number of benzene rings is 1. The molecule has 1 amide bonds. The number of nitrogens with one attached hydrogen (secondary N) is 1. The summed E-state index contributed by atoms with van der Waals surface area (Å²) in [6.45, 7) is 3.91. The number of aromatic nitrogens is 2. The molecule has 0 radical (unpaired) electrons. The first-order valence-electron chi connectivity index (χ1n) is 9.89. The maximum atomic E-state index is 14.9. The third kappa shape index (κ3) is 5.23. The minimum atomic E-state index is -1.18. The van der Waals surface area contributed by atoms with Gasteiger partial charge in [-0.3, -0.25) is 9.79 Å². The highest BCUT2D eigenvalue weighted by atomic mass is 32.2. The number of hydrogen-bond acceptors (Lipinski definition) is 8. The summed E-state index contributed by atoms with van der Waals surface area (Å²) in [7, 11) is 1.56. The Bertz CT molecular complexity index is 1110. The van der Waals surface area contributed by atoms with Gasteiger partial charge in [0.25, 0.3) is 5.91 Å². The summed E-state index contributed by atoms with van der Waals surface area (Å²) in [6.07, 6.45) is 7.53. The van der Waals surface area contributed by atoms with E-state index in [4.69, 9.17) is 21.6 Å². The number of anilines is 1. The van der Waals surface area contributed by atoms with Crippen LogP contribution in [0.3, 0.4) is 0 Å². The van der Waals surface area contributed by atoms with Crippen LogP contribution in [0, 0.1) is 29.9 Å². The van der Waals surface area contributed by atoms with E-state index in [0.717, 1.165) is 6.07 Å². The molecule has 0 saturated heterocycles. The summed E-state index contributed by atoms with van der Waals surface area (Å²) in [4.78, 5) is 24.9. The maximum absolute atomic E-state index is 14.9. The number of thioether (sulfide) groups is 1. The van der Waals surface area contributed by atoms with Gasteiger partial charge < -0.3 is 20.5 Å². The summed E-state index contributed by atoms with van der Waals surface area (Å²) >= 11 is 1.32. The van der Waals surface area contributed by atoms with Crippen molar-refractivity contribution in [3.05, 3.63) is 47.4 Å². The van der Waals surface area contributed by atoms with E-state index in [0.29, 0.717) is 6.61 Å². The van der Waals surface area contributed by atoms with Crippen LogP contribution >= 0.6 is 11.8 Å². The lowest BCUT2D eigenvalue weighted by atomic mass is 9.78. The summed E-state index contributed by atoms with van der Waals surface area (Å²) in [5, 5.41) is 2.64. The number of rotatable bonds is 7. The van der Waals surface area contributed by atoms with E-state index in [9.17, 15) is 13.6 Å². The predicted molar refractivity (Wildman–Crippen MR) is 122 cm³/mol. The molecule has 1 aromatic carbocycles. The highest BCUT2D eigenvalue weighted by molar-refractivity contribution is 8.14. The second-order valence-corrected chi connectivity index (χ2v) is 8.76. The highest BCUT2D eigenvalue weighted by Crippen LogP contribution is 2.45. The lowest BCUT2D eigenvalue weighted by Crippen LogP contribution is -2.43. The third-order valence-corrected chi connectivity index (χ3v) is 6.57. The zero-order valence-corrected chi connectivity index (χ0v) is 19.1.